The maximum absolute atomic E-state index is 13.1. The third-order valence-corrected chi connectivity index (χ3v) is 3.42. The van der Waals surface area contributed by atoms with Crippen molar-refractivity contribution < 1.29 is 13.2 Å². The van der Waals surface area contributed by atoms with Gasteiger partial charge >= 0.3 is 6.18 Å². The molecule has 2 rings (SSSR count). The zero-order valence-electron chi connectivity index (χ0n) is 9.85. The third-order valence-electron chi connectivity index (χ3n) is 2.79. The maximum atomic E-state index is 13.1. The number of alkyl halides is 3. The van der Waals surface area contributed by atoms with Crippen LogP contribution in [0.15, 0.2) is 36.4 Å². The summed E-state index contributed by atoms with van der Waals surface area (Å²) in [7, 11) is 0. The maximum Gasteiger partial charge on any atom is 0.417 e. The molecule has 0 aromatic heterocycles. The van der Waals surface area contributed by atoms with E-state index in [1.165, 1.54) is 18.2 Å². The first-order valence-electron chi connectivity index (χ1n) is 5.43. The second-order valence-electron chi connectivity index (χ2n) is 4.09. The van der Waals surface area contributed by atoms with Gasteiger partial charge in [0.15, 0.2) is 0 Å². The minimum absolute atomic E-state index is 0.0330. The summed E-state index contributed by atoms with van der Waals surface area (Å²) in [6.07, 6.45) is -4.45. The zero-order valence-corrected chi connectivity index (χ0v) is 11.4. The molecule has 0 atom stereocenters. The molecule has 0 aliphatic rings. The lowest BCUT2D eigenvalue weighted by Crippen LogP contribution is -2.08. The highest BCUT2D eigenvalue weighted by atomic mass is 35.5. The summed E-state index contributed by atoms with van der Waals surface area (Å²) in [6, 6.07) is 8.64. The van der Waals surface area contributed by atoms with Crippen molar-refractivity contribution in [2.75, 3.05) is 0 Å². The van der Waals surface area contributed by atoms with Crippen LogP contribution in [0.1, 0.15) is 11.1 Å². The summed E-state index contributed by atoms with van der Waals surface area (Å²) in [5, 5.41) is 0.402. The molecule has 0 N–H and O–H groups in total. The molecule has 0 amide bonds. The number of hydrogen-bond donors (Lipinski definition) is 0. The van der Waals surface area contributed by atoms with Crippen molar-refractivity contribution in [1.82, 2.24) is 0 Å². The van der Waals surface area contributed by atoms with Crippen LogP contribution in [0, 0.1) is 6.92 Å². The van der Waals surface area contributed by atoms with Crippen molar-refractivity contribution in [2.45, 2.75) is 13.1 Å². The van der Waals surface area contributed by atoms with Crippen LogP contribution in [-0.2, 0) is 6.18 Å². The van der Waals surface area contributed by atoms with E-state index < -0.39 is 11.7 Å². The van der Waals surface area contributed by atoms with E-state index in [0.717, 1.165) is 6.07 Å². The molecule has 5 heteroatoms. The van der Waals surface area contributed by atoms with Crippen LogP contribution in [0.2, 0.25) is 10.0 Å². The summed E-state index contributed by atoms with van der Waals surface area (Å²) >= 11 is 12.0. The lowest BCUT2D eigenvalue weighted by molar-refractivity contribution is -0.137. The van der Waals surface area contributed by atoms with Gasteiger partial charge in [-0.3, -0.25) is 0 Å². The summed E-state index contributed by atoms with van der Waals surface area (Å²) in [5.41, 5.74) is -0.00539. The predicted molar refractivity (Wildman–Crippen MR) is 71.6 cm³/mol. The van der Waals surface area contributed by atoms with Gasteiger partial charge in [-0.05, 0) is 36.2 Å². The van der Waals surface area contributed by atoms with Gasteiger partial charge in [0.05, 0.1) is 5.56 Å². The Morgan fingerprint density at radius 3 is 1.89 bits per heavy atom. The molecule has 0 aliphatic carbocycles. The minimum Gasteiger partial charge on any atom is -0.166 e. The molecule has 0 spiro atoms. The molecule has 0 nitrogen and oxygen atoms in total. The normalized spacial score (nSPS) is 11.7. The SMILES string of the molecule is Cc1cccc(C(F)(F)F)c1-c1c(Cl)cccc1Cl. The van der Waals surface area contributed by atoms with E-state index in [2.05, 4.69) is 0 Å². The fraction of sp³-hybridized carbons (Fsp3) is 0.143. The molecule has 19 heavy (non-hydrogen) atoms. The first-order chi connectivity index (χ1) is 8.82. The largest absolute Gasteiger partial charge is 0.417 e. The monoisotopic (exact) mass is 304 g/mol. The number of rotatable bonds is 1. The summed E-state index contributed by atoms with van der Waals surface area (Å²) < 4.78 is 39.3. The first kappa shape index (κ1) is 14.2. The van der Waals surface area contributed by atoms with E-state index in [4.69, 9.17) is 23.2 Å². The van der Waals surface area contributed by atoms with Crippen LogP contribution < -0.4 is 0 Å². The second kappa shape index (κ2) is 5.06. The standard InChI is InChI=1S/C14H9Cl2F3/c1-8-4-2-5-9(14(17,18)19)12(8)13-10(15)6-3-7-11(13)16/h2-7H,1H3. The highest BCUT2D eigenvalue weighted by Crippen LogP contribution is 2.43. The smallest absolute Gasteiger partial charge is 0.166 e. The number of hydrogen-bond acceptors (Lipinski definition) is 0. The van der Waals surface area contributed by atoms with Crippen LogP contribution in [0.3, 0.4) is 0 Å². The molecular formula is C14H9Cl2F3. The van der Waals surface area contributed by atoms with Gasteiger partial charge in [0, 0.05) is 15.6 Å². The molecule has 0 bridgehead atoms. The fourth-order valence-electron chi connectivity index (χ4n) is 1.97. The minimum atomic E-state index is -4.45. The van der Waals surface area contributed by atoms with Gasteiger partial charge in [-0.25, -0.2) is 0 Å². The summed E-state index contributed by atoms with van der Waals surface area (Å²) in [6.45, 7) is 1.60. The van der Waals surface area contributed by atoms with Gasteiger partial charge < -0.3 is 0 Å². The van der Waals surface area contributed by atoms with Crippen molar-refractivity contribution >= 4 is 23.2 Å². The number of benzene rings is 2. The lowest BCUT2D eigenvalue weighted by atomic mass is 9.94. The molecule has 0 fully saturated rings. The first-order valence-corrected chi connectivity index (χ1v) is 6.19. The zero-order chi connectivity index (χ0) is 14.2. The Kier molecular flexibility index (Phi) is 3.79. The van der Waals surface area contributed by atoms with Crippen molar-refractivity contribution in [3.05, 3.63) is 57.6 Å². The predicted octanol–water partition coefficient (Wildman–Crippen LogP) is 5.99. The molecule has 0 radical (unpaired) electrons. The average Bonchev–Trinajstić information content (AvgIpc) is 2.29. The Morgan fingerprint density at radius 2 is 1.37 bits per heavy atom. The highest BCUT2D eigenvalue weighted by molar-refractivity contribution is 6.39. The Labute approximate surface area is 118 Å². The molecule has 0 heterocycles. The fourth-order valence-corrected chi connectivity index (χ4v) is 2.56. The van der Waals surface area contributed by atoms with Crippen molar-refractivity contribution in [3.63, 3.8) is 0 Å². The molecule has 0 saturated heterocycles. The van der Waals surface area contributed by atoms with Crippen molar-refractivity contribution in [3.8, 4) is 11.1 Å². The van der Waals surface area contributed by atoms with Gasteiger partial charge in [0.2, 0.25) is 0 Å². The Morgan fingerprint density at radius 1 is 0.842 bits per heavy atom. The van der Waals surface area contributed by atoms with Crippen molar-refractivity contribution in [1.29, 1.82) is 0 Å². The molecule has 0 saturated carbocycles. The quantitative estimate of drug-likeness (QED) is 0.607. The van der Waals surface area contributed by atoms with E-state index in [0.29, 0.717) is 5.56 Å². The molecule has 100 valence electrons. The van der Waals surface area contributed by atoms with E-state index in [1.54, 1.807) is 19.1 Å². The van der Waals surface area contributed by atoms with Gasteiger partial charge in [0.25, 0.3) is 0 Å². The van der Waals surface area contributed by atoms with E-state index >= 15 is 0 Å². The Hall–Kier alpha value is -1.19. The average molecular weight is 305 g/mol. The highest BCUT2D eigenvalue weighted by Gasteiger charge is 2.35. The van der Waals surface area contributed by atoms with Crippen LogP contribution in [0.4, 0.5) is 13.2 Å². The number of halogens is 5. The number of aryl methyl sites for hydroxylation is 1. The Balaban J connectivity index is 2.83. The second-order valence-corrected chi connectivity index (χ2v) is 4.91. The van der Waals surface area contributed by atoms with E-state index in [9.17, 15) is 13.2 Å². The van der Waals surface area contributed by atoms with Gasteiger partial charge in [0.1, 0.15) is 0 Å². The molecular weight excluding hydrogens is 296 g/mol. The Bertz CT molecular complexity index is 598. The van der Waals surface area contributed by atoms with E-state index in [-0.39, 0.29) is 21.2 Å². The van der Waals surface area contributed by atoms with Gasteiger partial charge in [-0.1, -0.05) is 41.4 Å². The molecule has 0 unspecified atom stereocenters. The van der Waals surface area contributed by atoms with Crippen LogP contribution in [0.5, 0.6) is 0 Å². The summed E-state index contributed by atoms with van der Waals surface area (Å²) in [4.78, 5) is 0. The van der Waals surface area contributed by atoms with Gasteiger partial charge in [-0.2, -0.15) is 13.2 Å². The molecule has 2 aromatic carbocycles. The van der Waals surface area contributed by atoms with Gasteiger partial charge in [-0.15, -0.1) is 0 Å². The third kappa shape index (κ3) is 2.72. The van der Waals surface area contributed by atoms with Crippen molar-refractivity contribution in [2.24, 2.45) is 0 Å². The summed E-state index contributed by atoms with van der Waals surface area (Å²) in [5.74, 6) is 0. The molecule has 0 aliphatic heterocycles. The van der Waals surface area contributed by atoms with E-state index in [1.807, 2.05) is 0 Å². The van der Waals surface area contributed by atoms with Crippen LogP contribution >= 0.6 is 23.2 Å². The topological polar surface area (TPSA) is 0 Å². The molecule has 2 aromatic rings. The van der Waals surface area contributed by atoms with Crippen LogP contribution in [0.25, 0.3) is 11.1 Å². The van der Waals surface area contributed by atoms with Crippen LogP contribution in [-0.4, -0.2) is 0 Å². The lowest BCUT2D eigenvalue weighted by Gasteiger charge is -2.17.